The predicted molar refractivity (Wildman–Crippen MR) is 76.0 cm³/mol. The molecule has 2 rings (SSSR count). The van der Waals surface area contributed by atoms with Crippen LogP contribution in [0.25, 0.3) is 0 Å². The first-order valence-corrected chi connectivity index (χ1v) is 8.40. The molecule has 1 aromatic carbocycles. The first-order valence-electron chi connectivity index (χ1n) is 6.51. The molecule has 1 fully saturated rings. The largest absolute Gasteiger partial charge is 0.397 e. The minimum absolute atomic E-state index is 0.0329. The summed E-state index contributed by atoms with van der Waals surface area (Å²) in [4.78, 5) is 1.46. The summed E-state index contributed by atoms with van der Waals surface area (Å²) in [6.07, 6.45) is 3.70. The van der Waals surface area contributed by atoms with E-state index in [4.69, 9.17) is 5.73 Å². The van der Waals surface area contributed by atoms with E-state index in [0.29, 0.717) is 12.2 Å². The molecule has 1 aromatic rings. The van der Waals surface area contributed by atoms with Gasteiger partial charge in [0, 0.05) is 18.9 Å². The van der Waals surface area contributed by atoms with E-state index in [9.17, 15) is 17.9 Å². The number of nitrogens with zero attached hydrogens (tertiary/aromatic N) is 1. The van der Waals surface area contributed by atoms with Crippen molar-refractivity contribution in [3.05, 3.63) is 17.9 Å². The summed E-state index contributed by atoms with van der Waals surface area (Å²) in [6.45, 7) is 0.641. The molecule has 0 amide bonds. The Balaban J connectivity index is 2.45. The van der Waals surface area contributed by atoms with E-state index in [1.807, 2.05) is 4.90 Å². The zero-order chi connectivity index (χ0) is 14.9. The highest BCUT2D eigenvalue weighted by molar-refractivity contribution is 7.90. The molecule has 0 saturated carbocycles. The Labute approximate surface area is 118 Å². The van der Waals surface area contributed by atoms with Crippen molar-refractivity contribution >= 4 is 21.2 Å². The van der Waals surface area contributed by atoms with Crippen LogP contribution < -0.4 is 10.6 Å². The van der Waals surface area contributed by atoms with Gasteiger partial charge in [-0.25, -0.2) is 12.8 Å². The van der Waals surface area contributed by atoms with Gasteiger partial charge in [-0.05, 0) is 25.3 Å². The summed E-state index contributed by atoms with van der Waals surface area (Å²) in [6, 6.07) is 2.21. The van der Waals surface area contributed by atoms with Crippen LogP contribution >= 0.6 is 0 Å². The number of hydrogen-bond acceptors (Lipinski definition) is 5. The third-order valence-electron chi connectivity index (χ3n) is 3.63. The molecule has 1 aliphatic rings. The summed E-state index contributed by atoms with van der Waals surface area (Å²) >= 11 is 0. The van der Waals surface area contributed by atoms with Gasteiger partial charge in [0.1, 0.15) is 10.7 Å². The number of aliphatic hydroxyl groups is 1. The van der Waals surface area contributed by atoms with E-state index in [0.717, 1.165) is 37.7 Å². The Hall–Kier alpha value is -1.34. The molecule has 3 N–H and O–H groups in total. The maximum Gasteiger partial charge on any atom is 0.178 e. The Morgan fingerprint density at radius 1 is 1.45 bits per heavy atom. The van der Waals surface area contributed by atoms with E-state index in [-0.39, 0.29) is 18.3 Å². The Bertz CT molecular complexity index is 604. The number of benzene rings is 1. The molecule has 0 spiro atoms. The number of halogens is 1. The number of aliphatic hydroxyl groups excluding tert-OH is 1. The van der Waals surface area contributed by atoms with Crippen LogP contribution in [0.3, 0.4) is 0 Å². The van der Waals surface area contributed by atoms with Gasteiger partial charge in [0.2, 0.25) is 0 Å². The molecule has 0 aliphatic carbocycles. The lowest BCUT2D eigenvalue weighted by atomic mass is 10.0. The Morgan fingerprint density at radius 2 is 2.15 bits per heavy atom. The van der Waals surface area contributed by atoms with Crippen molar-refractivity contribution in [3.8, 4) is 0 Å². The van der Waals surface area contributed by atoms with Crippen LogP contribution in [-0.4, -0.2) is 39.0 Å². The molecular weight excluding hydrogens is 283 g/mol. The molecule has 1 heterocycles. The van der Waals surface area contributed by atoms with Crippen LogP contribution in [0.15, 0.2) is 17.0 Å². The summed E-state index contributed by atoms with van der Waals surface area (Å²) in [7, 11) is -3.65. The molecule has 0 bridgehead atoms. The molecule has 0 aromatic heterocycles. The number of nitrogen functional groups attached to an aromatic ring is 1. The molecular formula is C13H19FN2O3S. The highest BCUT2D eigenvalue weighted by atomic mass is 32.2. The van der Waals surface area contributed by atoms with Gasteiger partial charge in [-0.1, -0.05) is 0 Å². The number of hydrogen-bond donors (Lipinski definition) is 2. The van der Waals surface area contributed by atoms with Crippen LogP contribution in [0, 0.1) is 5.82 Å². The number of rotatable bonds is 3. The highest BCUT2D eigenvalue weighted by Gasteiger charge is 2.25. The van der Waals surface area contributed by atoms with Gasteiger partial charge >= 0.3 is 0 Å². The summed E-state index contributed by atoms with van der Waals surface area (Å²) in [5.74, 6) is -0.807. The van der Waals surface area contributed by atoms with Crippen molar-refractivity contribution in [2.45, 2.75) is 30.2 Å². The average molecular weight is 302 g/mol. The SMILES string of the molecule is CS(=O)(=O)c1cc(N)c(N2CCCCC2CO)cc1F. The van der Waals surface area contributed by atoms with Crippen LogP contribution in [0.5, 0.6) is 0 Å². The van der Waals surface area contributed by atoms with Crippen molar-refractivity contribution in [3.63, 3.8) is 0 Å². The van der Waals surface area contributed by atoms with Crippen molar-refractivity contribution in [2.24, 2.45) is 0 Å². The van der Waals surface area contributed by atoms with Crippen molar-refractivity contribution in [1.82, 2.24) is 0 Å². The summed E-state index contributed by atoms with van der Waals surface area (Å²) < 4.78 is 36.9. The van der Waals surface area contributed by atoms with Crippen molar-refractivity contribution in [1.29, 1.82) is 0 Å². The van der Waals surface area contributed by atoms with Crippen LogP contribution in [-0.2, 0) is 9.84 Å². The minimum Gasteiger partial charge on any atom is -0.397 e. The Morgan fingerprint density at radius 3 is 2.75 bits per heavy atom. The fourth-order valence-electron chi connectivity index (χ4n) is 2.60. The van der Waals surface area contributed by atoms with Crippen LogP contribution in [0.1, 0.15) is 19.3 Å². The van der Waals surface area contributed by atoms with Gasteiger partial charge in [0.15, 0.2) is 9.84 Å². The van der Waals surface area contributed by atoms with Gasteiger partial charge < -0.3 is 15.7 Å². The normalized spacial score (nSPS) is 20.1. The number of sulfone groups is 1. The number of anilines is 2. The third-order valence-corrected chi connectivity index (χ3v) is 4.74. The molecule has 5 nitrogen and oxygen atoms in total. The Kier molecular flexibility index (Phi) is 4.19. The van der Waals surface area contributed by atoms with Gasteiger partial charge in [-0.15, -0.1) is 0 Å². The average Bonchev–Trinajstić information content (AvgIpc) is 2.39. The van der Waals surface area contributed by atoms with Gasteiger partial charge in [0.25, 0.3) is 0 Å². The number of nitrogens with two attached hydrogens (primary N) is 1. The second-order valence-electron chi connectivity index (χ2n) is 5.14. The molecule has 112 valence electrons. The zero-order valence-electron chi connectivity index (χ0n) is 11.3. The minimum atomic E-state index is -3.65. The van der Waals surface area contributed by atoms with Crippen LogP contribution in [0.2, 0.25) is 0 Å². The van der Waals surface area contributed by atoms with Gasteiger partial charge in [0.05, 0.1) is 24.0 Å². The quantitative estimate of drug-likeness (QED) is 0.819. The zero-order valence-corrected chi connectivity index (χ0v) is 12.2. The molecule has 1 aliphatic heterocycles. The van der Waals surface area contributed by atoms with E-state index in [2.05, 4.69) is 0 Å². The lowest BCUT2D eigenvalue weighted by Crippen LogP contribution is -2.42. The maximum absolute atomic E-state index is 14.0. The molecule has 1 saturated heterocycles. The fraction of sp³-hybridized carbons (Fsp3) is 0.538. The first-order chi connectivity index (χ1) is 9.34. The van der Waals surface area contributed by atoms with E-state index < -0.39 is 20.5 Å². The van der Waals surface area contributed by atoms with Crippen molar-refractivity contribution in [2.75, 3.05) is 30.0 Å². The summed E-state index contributed by atoms with van der Waals surface area (Å²) in [5.41, 5.74) is 6.55. The molecule has 1 unspecified atom stereocenters. The van der Waals surface area contributed by atoms with E-state index >= 15 is 0 Å². The standard InChI is InChI=1S/C13H19FN2O3S/c1-20(18,19)13-7-11(15)12(6-10(13)14)16-5-3-2-4-9(16)8-17/h6-7,9,17H,2-5,8,15H2,1H3. The molecule has 0 radical (unpaired) electrons. The highest BCUT2D eigenvalue weighted by Crippen LogP contribution is 2.33. The van der Waals surface area contributed by atoms with Crippen LogP contribution in [0.4, 0.5) is 15.8 Å². The van der Waals surface area contributed by atoms with E-state index in [1.165, 1.54) is 0 Å². The monoisotopic (exact) mass is 302 g/mol. The first kappa shape index (κ1) is 15.1. The fourth-order valence-corrected chi connectivity index (χ4v) is 3.35. The molecule has 7 heteroatoms. The number of piperidine rings is 1. The second-order valence-corrected chi connectivity index (χ2v) is 7.12. The third kappa shape index (κ3) is 2.88. The summed E-state index contributed by atoms with van der Waals surface area (Å²) in [5, 5.41) is 9.39. The van der Waals surface area contributed by atoms with E-state index in [1.54, 1.807) is 0 Å². The lowest BCUT2D eigenvalue weighted by molar-refractivity contribution is 0.240. The van der Waals surface area contributed by atoms with Gasteiger partial charge in [-0.2, -0.15) is 0 Å². The smallest absolute Gasteiger partial charge is 0.178 e. The van der Waals surface area contributed by atoms with Gasteiger partial charge in [-0.3, -0.25) is 0 Å². The maximum atomic E-state index is 14.0. The van der Waals surface area contributed by atoms with Crippen molar-refractivity contribution < 1.29 is 17.9 Å². The lowest BCUT2D eigenvalue weighted by Gasteiger charge is -2.37. The second kappa shape index (κ2) is 5.57. The topological polar surface area (TPSA) is 83.6 Å². The molecule has 20 heavy (non-hydrogen) atoms. The predicted octanol–water partition coefficient (Wildman–Crippen LogP) is 1.16. The molecule has 1 atom stereocenters.